The van der Waals surface area contributed by atoms with E-state index in [0.717, 1.165) is 21.4 Å². The molecule has 2 aromatic rings. The lowest BCUT2D eigenvalue weighted by molar-refractivity contribution is 0.630. The second kappa shape index (κ2) is 3.67. The van der Waals surface area contributed by atoms with Gasteiger partial charge in [0.1, 0.15) is 5.82 Å². The third kappa shape index (κ3) is 1.65. The second-order valence-electron chi connectivity index (χ2n) is 3.35. The molecule has 1 nitrogen and oxygen atoms in total. The smallest absolute Gasteiger partial charge is 0.124 e. The van der Waals surface area contributed by atoms with Crippen LogP contribution in [0.3, 0.4) is 0 Å². The highest BCUT2D eigenvalue weighted by molar-refractivity contribution is 7.19. The van der Waals surface area contributed by atoms with Crippen molar-refractivity contribution in [3.8, 4) is 0 Å². The molecule has 0 saturated heterocycles. The molecule has 1 aromatic carbocycles. The maximum atomic E-state index is 12.9. The molecular formula is C11H12FNS. The fraction of sp³-hybridized carbons (Fsp3) is 0.273. The average molecular weight is 209 g/mol. The average Bonchev–Trinajstić information content (AvgIpc) is 2.59. The Morgan fingerprint density at radius 1 is 1.43 bits per heavy atom. The summed E-state index contributed by atoms with van der Waals surface area (Å²) in [4.78, 5) is 1.13. The summed E-state index contributed by atoms with van der Waals surface area (Å²) in [5.74, 6) is -0.184. The summed E-state index contributed by atoms with van der Waals surface area (Å²) in [6.45, 7) is 2.05. The van der Waals surface area contributed by atoms with Crippen LogP contribution < -0.4 is 5.73 Å². The quantitative estimate of drug-likeness (QED) is 0.805. The molecule has 0 aliphatic rings. The summed E-state index contributed by atoms with van der Waals surface area (Å²) < 4.78 is 13.9. The third-order valence-electron chi connectivity index (χ3n) is 2.31. The van der Waals surface area contributed by atoms with Crippen molar-refractivity contribution in [3.05, 3.63) is 35.0 Å². The van der Waals surface area contributed by atoms with E-state index in [1.165, 1.54) is 6.07 Å². The number of nitrogens with two attached hydrogens (primary N) is 1. The zero-order chi connectivity index (χ0) is 10.1. The second-order valence-corrected chi connectivity index (χ2v) is 4.46. The number of halogens is 1. The van der Waals surface area contributed by atoms with Crippen LogP contribution in [0.1, 0.15) is 24.3 Å². The SMILES string of the molecule is CCC(N)c1cc2ccc(F)cc2s1. The molecule has 1 unspecified atom stereocenters. The van der Waals surface area contributed by atoms with Gasteiger partial charge in [0.2, 0.25) is 0 Å². The van der Waals surface area contributed by atoms with Gasteiger partial charge >= 0.3 is 0 Å². The Morgan fingerprint density at radius 3 is 2.93 bits per heavy atom. The van der Waals surface area contributed by atoms with E-state index in [4.69, 9.17) is 5.73 Å². The molecule has 0 radical (unpaired) electrons. The summed E-state index contributed by atoms with van der Waals surface area (Å²) in [5, 5.41) is 1.08. The molecule has 0 spiro atoms. The van der Waals surface area contributed by atoms with Crippen LogP contribution in [0, 0.1) is 5.82 Å². The molecule has 0 amide bonds. The van der Waals surface area contributed by atoms with Crippen molar-refractivity contribution in [2.75, 3.05) is 0 Å². The number of hydrogen-bond donors (Lipinski definition) is 1. The Morgan fingerprint density at radius 2 is 2.21 bits per heavy atom. The fourth-order valence-corrected chi connectivity index (χ4v) is 2.58. The summed E-state index contributed by atoms with van der Waals surface area (Å²) in [6, 6.07) is 6.97. The van der Waals surface area contributed by atoms with E-state index < -0.39 is 0 Å². The molecule has 0 aliphatic heterocycles. The van der Waals surface area contributed by atoms with Gasteiger partial charge in [-0.15, -0.1) is 11.3 Å². The summed E-state index contributed by atoms with van der Waals surface area (Å²) in [7, 11) is 0. The molecule has 0 aliphatic carbocycles. The van der Waals surface area contributed by atoms with Crippen molar-refractivity contribution < 1.29 is 4.39 Å². The van der Waals surface area contributed by atoms with Crippen LogP contribution in [0.15, 0.2) is 24.3 Å². The minimum atomic E-state index is -0.184. The van der Waals surface area contributed by atoms with Gasteiger partial charge in [-0.05, 0) is 30.0 Å². The predicted molar refractivity (Wildman–Crippen MR) is 59.0 cm³/mol. The zero-order valence-electron chi connectivity index (χ0n) is 7.96. The molecule has 0 saturated carbocycles. The van der Waals surface area contributed by atoms with Crippen LogP contribution in [0.5, 0.6) is 0 Å². The van der Waals surface area contributed by atoms with Crippen molar-refractivity contribution in [1.29, 1.82) is 0 Å². The summed E-state index contributed by atoms with van der Waals surface area (Å²) in [6.07, 6.45) is 0.912. The van der Waals surface area contributed by atoms with Crippen LogP contribution >= 0.6 is 11.3 Å². The van der Waals surface area contributed by atoms with Crippen LogP contribution in [0.2, 0.25) is 0 Å². The van der Waals surface area contributed by atoms with E-state index in [1.807, 2.05) is 6.07 Å². The molecule has 1 aromatic heterocycles. The maximum Gasteiger partial charge on any atom is 0.124 e. The van der Waals surface area contributed by atoms with Gasteiger partial charge in [0.15, 0.2) is 0 Å². The molecule has 2 rings (SSSR count). The molecule has 0 fully saturated rings. The van der Waals surface area contributed by atoms with Gasteiger partial charge in [0.05, 0.1) is 0 Å². The van der Waals surface area contributed by atoms with Crippen molar-refractivity contribution in [2.45, 2.75) is 19.4 Å². The number of thiophene rings is 1. The van der Waals surface area contributed by atoms with Crippen molar-refractivity contribution in [1.82, 2.24) is 0 Å². The first-order chi connectivity index (χ1) is 6.70. The number of fused-ring (bicyclic) bond motifs is 1. The highest BCUT2D eigenvalue weighted by Crippen LogP contribution is 2.30. The summed E-state index contributed by atoms with van der Waals surface area (Å²) in [5.41, 5.74) is 5.91. The molecule has 14 heavy (non-hydrogen) atoms. The topological polar surface area (TPSA) is 26.0 Å². The molecule has 0 bridgehead atoms. The molecule has 1 heterocycles. The fourth-order valence-electron chi connectivity index (χ4n) is 1.41. The molecule has 74 valence electrons. The van der Waals surface area contributed by atoms with Crippen LogP contribution in [0.25, 0.3) is 10.1 Å². The van der Waals surface area contributed by atoms with Crippen molar-refractivity contribution in [3.63, 3.8) is 0 Å². The highest BCUT2D eigenvalue weighted by Gasteiger charge is 2.08. The lowest BCUT2D eigenvalue weighted by Gasteiger charge is -2.02. The van der Waals surface area contributed by atoms with E-state index in [-0.39, 0.29) is 11.9 Å². The van der Waals surface area contributed by atoms with Gasteiger partial charge in [0, 0.05) is 15.6 Å². The van der Waals surface area contributed by atoms with E-state index in [0.29, 0.717) is 0 Å². The number of hydrogen-bond acceptors (Lipinski definition) is 2. The van der Waals surface area contributed by atoms with Crippen molar-refractivity contribution >= 4 is 21.4 Å². The Balaban J connectivity index is 2.51. The lowest BCUT2D eigenvalue weighted by atomic mass is 10.2. The van der Waals surface area contributed by atoms with E-state index >= 15 is 0 Å². The first-order valence-electron chi connectivity index (χ1n) is 4.65. The standard InChI is InChI=1S/C11H12FNS/c1-2-9(13)11-5-7-3-4-8(12)6-10(7)14-11/h3-6,9H,2,13H2,1H3. The van der Waals surface area contributed by atoms with Gasteiger partial charge in [-0.25, -0.2) is 4.39 Å². The molecule has 2 N–H and O–H groups in total. The van der Waals surface area contributed by atoms with Crippen molar-refractivity contribution in [2.24, 2.45) is 5.73 Å². The summed E-state index contributed by atoms with van der Waals surface area (Å²) >= 11 is 1.58. The largest absolute Gasteiger partial charge is 0.323 e. The first kappa shape index (κ1) is 9.62. The monoisotopic (exact) mass is 209 g/mol. The van der Waals surface area contributed by atoms with Gasteiger partial charge < -0.3 is 5.73 Å². The van der Waals surface area contributed by atoms with E-state index in [1.54, 1.807) is 23.5 Å². The van der Waals surface area contributed by atoms with Crippen LogP contribution in [0.4, 0.5) is 4.39 Å². The third-order valence-corrected chi connectivity index (χ3v) is 3.54. The minimum Gasteiger partial charge on any atom is -0.323 e. The lowest BCUT2D eigenvalue weighted by Crippen LogP contribution is -2.05. The Hall–Kier alpha value is -0.930. The van der Waals surface area contributed by atoms with Gasteiger partial charge in [-0.3, -0.25) is 0 Å². The van der Waals surface area contributed by atoms with Gasteiger partial charge in [-0.2, -0.15) is 0 Å². The highest BCUT2D eigenvalue weighted by atomic mass is 32.1. The number of benzene rings is 1. The first-order valence-corrected chi connectivity index (χ1v) is 5.47. The van der Waals surface area contributed by atoms with Gasteiger partial charge in [-0.1, -0.05) is 13.0 Å². The van der Waals surface area contributed by atoms with Crippen LogP contribution in [-0.4, -0.2) is 0 Å². The van der Waals surface area contributed by atoms with E-state index in [2.05, 4.69) is 6.92 Å². The molecule has 1 atom stereocenters. The Bertz CT molecular complexity index is 449. The Labute approximate surface area is 86.4 Å². The maximum absolute atomic E-state index is 12.9. The predicted octanol–water partition coefficient (Wildman–Crippen LogP) is 3.45. The van der Waals surface area contributed by atoms with Crippen LogP contribution in [-0.2, 0) is 0 Å². The van der Waals surface area contributed by atoms with E-state index in [9.17, 15) is 4.39 Å². The minimum absolute atomic E-state index is 0.0791. The molecule has 3 heteroatoms. The molecular weight excluding hydrogens is 197 g/mol. The Kier molecular flexibility index (Phi) is 2.52. The van der Waals surface area contributed by atoms with Gasteiger partial charge in [0.25, 0.3) is 0 Å². The number of rotatable bonds is 2. The normalized spacial score (nSPS) is 13.4. The zero-order valence-corrected chi connectivity index (χ0v) is 8.77.